The maximum Gasteiger partial charge on any atom is 0.270 e. The number of methoxy groups -OCH3 is 1. The van der Waals surface area contributed by atoms with Gasteiger partial charge in [-0.25, -0.2) is 0 Å². The van der Waals surface area contributed by atoms with Gasteiger partial charge in [0.25, 0.3) is 11.8 Å². The average Bonchev–Trinajstić information content (AvgIpc) is 2.69. The van der Waals surface area contributed by atoms with Crippen molar-refractivity contribution in [3.8, 4) is 23.8 Å². The molecule has 6 nitrogen and oxygen atoms in total. The lowest BCUT2D eigenvalue weighted by Gasteiger charge is -2.29. The van der Waals surface area contributed by atoms with Crippen molar-refractivity contribution in [1.82, 2.24) is 5.32 Å². The normalized spacial score (nSPS) is 15.0. The van der Waals surface area contributed by atoms with E-state index >= 15 is 0 Å². The largest absolute Gasteiger partial charge is 0.493 e. The van der Waals surface area contributed by atoms with E-state index in [-0.39, 0.29) is 17.3 Å². The number of hydrogen-bond acceptors (Lipinski definition) is 5. The fourth-order valence-corrected chi connectivity index (χ4v) is 4.07. The van der Waals surface area contributed by atoms with Gasteiger partial charge in [-0.05, 0) is 89.0 Å². The molecule has 3 rings (SSSR count). The first-order valence-corrected chi connectivity index (χ1v) is 10.4. The summed E-state index contributed by atoms with van der Waals surface area (Å²) < 4.78 is 11.4. The molecule has 8 heteroatoms. The topological polar surface area (TPSA) is 67.9 Å². The third kappa shape index (κ3) is 4.79. The van der Waals surface area contributed by atoms with Gasteiger partial charge in [0.1, 0.15) is 12.2 Å². The first-order chi connectivity index (χ1) is 14.7. The molecule has 1 N–H and O–H groups in total. The fourth-order valence-electron chi connectivity index (χ4n) is 3.22. The Morgan fingerprint density at radius 1 is 1.19 bits per heavy atom. The van der Waals surface area contributed by atoms with E-state index in [0.717, 1.165) is 11.1 Å². The number of nitrogens with one attached hydrogen (secondary N) is 1. The summed E-state index contributed by atoms with van der Waals surface area (Å²) in [5, 5.41) is 2.63. The number of anilines is 1. The Bertz CT molecular complexity index is 1150. The maximum atomic E-state index is 13.2. The van der Waals surface area contributed by atoms with Crippen LogP contribution < -0.4 is 19.7 Å². The van der Waals surface area contributed by atoms with Gasteiger partial charge in [0.05, 0.1) is 17.3 Å². The van der Waals surface area contributed by atoms with Gasteiger partial charge in [-0.3, -0.25) is 19.8 Å². The Morgan fingerprint density at radius 2 is 1.87 bits per heavy atom. The van der Waals surface area contributed by atoms with E-state index in [1.165, 1.54) is 18.1 Å². The van der Waals surface area contributed by atoms with E-state index in [2.05, 4.69) is 27.2 Å². The van der Waals surface area contributed by atoms with Crippen molar-refractivity contribution in [2.75, 3.05) is 18.6 Å². The molecule has 31 heavy (non-hydrogen) atoms. The minimum atomic E-state index is -0.571. The van der Waals surface area contributed by atoms with Gasteiger partial charge in [0.2, 0.25) is 0 Å². The van der Waals surface area contributed by atoms with E-state index in [1.54, 1.807) is 12.1 Å². The molecule has 0 saturated carbocycles. The lowest BCUT2D eigenvalue weighted by Crippen LogP contribution is -2.54. The Labute approximate surface area is 194 Å². The number of benzene rings is 2. The minimum absolute atomic E-state index is 0.0361. The highest BCUT2D eigenvalue weighted by Crippen LogP contribution is 2.37. The fraction of sp³-hybridized carbons (Fsp3) is 0.174. The first-order valence-electron chi connectivity index (χ1n) is 9.18. The van der Waals surface area contributed by atoms with Crippen LogP contribution in [-0.2, 0) is 9.59 Å². The van der Waals surface area contributed by atoms with Crippen LogP contribution in [0, 0.1) is 26.2 Å². The van der Waals surface area contributed by atoms with Gasteiger partial charge in [-0.2, -0.15) is 0 Å². The zero-order valence-electron chi connectivity index (χ0n) is 17.1. The Hall–Kier alpha value is -3.15. The van der Waals surface area contributed by atoms with Crippen LogP contribution in [0.4, 0.5) is 5.69 Å². The quantitative estimate of drug-likeness (QED) is 0.293. The molecule has 1 saturated heterocycles. The number of amides is 2. The highest BCUT2D eigenvalue weighted by atomic mass is 79.9. The number of thiocarbonyl (C=S) groups is 1. The Kier molecular flexibility index (Phi) is 6.78. The van der Waals surface area contributed by atoms with Gasteiger partial charge >= 0.3 is 0 Å². The molecule has 0 aliphatic carbocycles. The molecule has 2 amide bonds. The first kappa shape index (κ1) is 22.5. The number of carbonyl (C=O) groups is 2. The van der Waals surface area contributed by atoms with Crippen LogP contribution in [0.2, 0.25) is 0 Å². The number of hydrogen-bond donors (Lipinski definition) is 1. The van der Waals surface area contributed by atoms with Crippen molar-refractivity contribution >= 4 is 56.8 Å². The number of aryl methyl sites for hydroxylation is 2. The Balaban J connectivity index is 2.04. The Morgan fingerprint density at radius 3 is 2.48 bits per heavy atom. The molecule has 2 aromatic rings. The summed E-state index contributed by atoms with van der Waals surface area (Å²) in [6, 6.07) is 9.02. The molecular weight excluding hydrogens is 480 g/mol. The zero-order chi connectivity index (χ0) is 22.7. The second kappa shape index (κ2) is 9.33. The molecular formula is C23H19BrN2O4S. The standard InChI is InChI=1S/C23H19BrN2O4S/c1-5-6-30-20-18(24)11-15(12-19(20)29-4)10-17-21(27)25-23(31)26(22(17)28)16-8-13(2)7-14(3)9-16/h1,7-12H,6H2,2-4H3,(H,25,27,31)/b17-10+. The van der Waals surface area contributed by atoms with E-state index < -0.39 is 11.8 Å². The highest BCUT2D eigenvalue weighted by molar-refractivity contribution is 9.10. The van der Waals surface area contributed by atoms with Gasteiger partial charge in [-0.15, -0.1) is 6.42 Å². The predicted octanol–water partition coefficient (Wildman–Crippen LogP) is 3.92. The second-order valence-corrected chi connectivity index (χ2v) is 8.07. The van der Waals surface area contributed by atoms with Crippen LogP contribution >= 0.6 is 28.1 Å². The number of terminal acetylenes is 1. The molecule has 1 aliphatic rings. The van der Waals surface area contributed by atoms with Gasteiger partial charge in [0, 0.05) is 0 Å². The molecule has 0 radical (unpaired) electrons. The monoisotopic (exact) mass is 498 g/mol. The molecule has 2 aromatic carbocycles. The number of rotatable bonds is 5. The minimum Gasteiger partial charge on any atom is -0.493 e. The van der Waals surface area contributed by atoms with Crippen LogP contribution in [-0.4, -0.2) is 30.6 Å². The molecule has 0 spiro atoms. The van der Waals surface area contributed by atoms with E-state index in [9.17, 15) is 9.59 Å². The lowest BCUT2D eigenvalue weighted by molar-refractivity contribution is -0.122. The van der Waals surface area contributed by atoms with Gasteiger partial charge in [-0.1, -0.05) is 12.0 Å². The van der Waals surface area contributed by atoms with E-state index in [4.69, 9.17) is 28.1 Å². The summed E-state index contributed by atoms with van der Waals surface area (Å²) in [5.74, 6) is 2.14. The SMILES string of the molecule is C#CCOc1c(Br)cc(/C=C2\C(=O)NC(=S)N(c3cc(C)cc(C)c3)C2=O)cc1OC. The van der Waals surface area contributed by atoms with E-state index in [1.807, 2.05) is 32.0 Å². The van der Waals surface area contributed by atoms with Crippen molar-refractivity contribution in [2.24, 2.45) is 0 Å². The molecule has 0 unspecified atom stereocenters. The van der Waals surface area contributed by atoms with Crippen molar-refractivity contribution < 1.29 is 19.1 Å². The highest BCUT2D eigenvalue weighted by Gasteiger charge is 2.34. The summed E-state index contributed by atoms with van der Waals surface area (Å²) in [4.78, 5) is 27.1. The molecule has 158 valence electrons. The van der Waals surface area contributed by atoms with Crippen LogP contribution in [0.25, 0.3) is 6.08 Å². The second-order valence-electron chi connectivity index (χ2n) is 6.83. The van der Waals surface area contributed by atoms with Crippen molar-refractivity contribution in [3.05, 3.63) is 57.1 Å². The smallest absolute Gasteiger partial charge is 0.270 e. The van der Waals surface area contributed by atoms with E-state index in [0.29, 0.717) is 27.2 Å². The third-order valence-electron chi connectivity index (χ3n) is 4.43. The summed E-state index contributed by atoms with van der Waals surface area (Å²) in [6.07, 6.45) is 6.73. The molecule has 1 fully saturated rings. The summed E-state index contributed by atoms with van der Waals surface area (Å²) in [7, 11) is 1.49. The average molecular weight is 499 g/mol. The number of ether oxygens (including phenoxy) is 2. The summed E-state index contributed by atoms with van der Waals surface area (Å²) in [5.41, 5.74) is 3.05. The van der Waals surface area contributed by atoms with Crippen molar-refractivity contribution in [3.63, 3.8) is 0 Å². The number of nitrogens with zero attached hydrogens (tertiary/aromatic N) is 1. The lowest BCUT2D eigenvalue weighted by atomic mass is 10.1. The number of carbonyl (C=O) groups excluding carboxylic acids is 2. The summed E-state index contributed by atoms with van der Waals surface area (Å²) in [6.45, 7) is 3.92. The predicted molar refractivity (Wildman–Crippen MR) is 127 cm³/mol. The van der Waals surface area contributed by atoms with Gasteiger partial charge in [0.15, 0.2) is 16.6 Å². The molecule has 1 heterocycles. The zero-order valence-corrected chi connectivity index (χ0v) is 19.5. The molecule has 0 bridgehead atoms. The van der Waals surface area contributed by atoms with Crippen molar-refractivity contribution in [1.29, 1.82) is 0 Å². The molecule has 0 aromatic heterocycles. The number of halogens is 1. The maximum absolute atomic E-state index is 13.2. The van der Waals surface area contributed by atoms with Crippen LogP contribution in [0.1, 0.15) is 16.7 Å². The molecule has 1 aliphatic heterocycles. The summed E-state index contributed by atoms with van der Waals surface area (Å²) >= 11 is 8.69. The van der Waals surface area contributed by atoms with Crippen LogP contribution in [0.5, 0.6) is 11.5 Å². The van der Waals surface area contributed by atoms with Gasteiger partial charge < -0.3 is 9.47 Å². The van der Waals surface area contributed by atoms with Crippen LogP contribution in [0.3, 0.4) is 0 Å². The third-order valence-corrected chi connectivity index (χ3v) is 5.30. The molecule has 0 atom stereocenters. The van der Waals surface area contributed by atoms with Crippen LogP contribution in [0.15, 0.2) is 40.4 Å². The van der Waals surface area contributed by atoms with Crippen molar-refractivity contribution in [2.45, 2.75) is 13.8 Å².